The molecule has 50 heavy (non-hydrogen) atoms. The number of rotatable bonds is 21. The van der Waals surface area contributed by atoms with Gasteiger partial charge in [-0.3, -0.25) is 24.0 Å². The Hall–Kier alpha value is -5.39. The van der Waals surface area contributed by atoms with Crippen molar-refractivity contribution >= 4 is 34.8 Å². The number of hydrogen-bond donors (Lipinski definition) is 5. The van der Waals surface area contributed by atoms with Crippen molar-refractivity contribution in [1.29, 1.82) is 0 Å². The SMILES string of the molecule is Cc1nnc(C2C=CC(OCCOCCOCCOCCNC(=O)[C@H](CC(=O)O)NC(=O)c3ccc(Nc4c(N)c(=O)c4=O)cc3)=CC2)n1C. The Morgan fingerprint density at radius 1 is 0.980 bits per heavy atom. The normalized spacial score (nSPS) is 14.6. The lowest BCUT2D eigenvalue weighted by atomic mass is 9.99. The number of nitrogens with one attached hydrogen (secondary N) is 3. The van der Waals surface area contributed by atoms with Crippen molar-refractivity contribution in [3.63, 3.8) is 0 Å². The van der Waals surface area contributed by atoms with E-state index in [1.165, 1.54) is 24.3 Å². The predicted octanol–water partition coefficient (Wildman–Crippen LogP) is 0.429. The van der Waals surface area contributed by atoms with Gasteiger partial charge in [0.1, 0.15) is 41.4 Å². The number of carboxylic acid groups (broad SMARTS) is 1. The summed E-state index contributed by atoms with van der Waals surface area (Å²) in [6.07, 6.45) is 6.18. The fourth-order valence-corrected chi connectivity index (χ4v) is 4.78. The first kappa shape index (κ1) is 37.4. The van der Waals surface area contributed by atoms with Crippen molar-refractivity contribution in [3.05, 3.63) is 85.9 Å². The van der Waals surface area contributed by atoms with Crippen molar-refractivity contribution < 1.29 is 38.4 Å². The molecule has 4 rings (SSSR count). The summed E-state index contributed by atoms with van der Waals surface area (Å²) in [5.41, 5.74) is 4.34. The summed E-state index contributed by atoms with van der Waals surface area (Å²) in [5.74, 6) is 0.115. The van der Waals surface area contributed by atoms with Crippen molar-refractivity contribution in [2.24, 2.45) is 7.05 Å². The smallest absolute Gasteiger partial charge is 0.305 e. The zero-order valence-electron chi connectivity index (χ0n) is 27.8. The number of carbonyl (C=O) groups is 3. The summed E-state index contributed by atoms with van der Waals surface area (Å²) in [5, 5.41) is 25.3. The summed E-state index contributed by atoms with van der Waals surface area (Å²) in [6, 6.07) is 4.40. The van der Waals surface area contributed by atoms with Crippen LogP contribution < -0.4 is 32.5 Å². The Balaban J connectivity index is 1.02. The quantitative estimate of drug-likeness (QED) is 0.0751. The lowest BCUT2D eigenvalue weighted by molar-refractivity contribution is -0.139. The van der Waals surface area contributed by atoms with Gasteiger partial charge < -0.3 is 50.3 Å². The molecule has 2 atom stereocenters. The second kappa shape index (κ2) is 18.4. The molecule has 268 valence electrons. The van der Waals surface area contributed by atoms with Crippen LogP contribution in [-0.4, -0.2) is 96.5 Å². The fraction of sp³-hybridized carbons (Fsp3) is 0.424. The molecular weight excluding hydrogens is 654 g/mol. The maximum atomic E-state index is 12.7. The van der Waals surface area contributed by atoms with Gasteiger partial charge in [-0.15, -0.1) is 10.2 Å². The number of ether oxygens (including phenoxy) is 4. The van der Waals surface area contributed by atoms with E-state index in [-0.39, 0.29) is 42.6 Å². The molecule has 2 aromatic carbocycles. The third-order valence-electron chi connectivity index (χ3n) is 7.67. The van der Waals surface area contributed by atoms with Crippen LogP contribution in [0.5, 0.6) is 0 Å². The van der Waals surface area contributed by atoms with E-state index in [2.05, 4.69) is 32.2 Å². The van der Waals surface area contributed by atoms with E-state index in [4.69, 9.17) is 24.7 Å². The Morgan fingerprint density at radius 2 is 1.64 bits per heavy atom. The van der Waals surface area contributed by atoms with Crippen molar-refractivity contribution in [2.45, 2.75) is 31.7 Å². The minimum Gasteiger partial charge on any atom is -0.492 e. The van der Waals surface area contributed by atoms with Crippen LogP contribution in [0.1, 0.15) is 40.8 Å². The van der Waals surface area contributed by atoms with Gasteiger partial charge in [-0.1, -0.05) is 6.08 Å². The maximum Gasteiger partial charge on any atom is 0.305 e. The summed E-state index contributed by atoms with van der Waals surface area (Å²) in [7, 11) is 1.95. The molecule has 0 aliphatic heterocycles. The van der Waals surface area contributed by atoms with E-state index in [0.29, 0.717) is 38.7 Å². The Bertz CT molecular complexity index is 1760. The average Bonchev–Trinajstić information content (AvgIpc) is 3.45. The van der Waals surface area contributed by atoms with Crippen molar-refractivity contribution in [1.82, 2.24) is 25.4 Å². The van der Waals surface area contributed by atoms with Gasteiger partial charge in [0.05, 0.1) is 46.1 Å². The Labute approximate surface area is 287 Å². The third-order valence-corrected chi connectivity index (χ3v) is 7.67. The number of aromatic nitrogens is 3. The van der Waals surface area contributed by atoms with E-state index in [1.807, 2.05) is 30.7 Å². The third kappa shape index (κ3) is 10.6. The average molecular weight is 696 g/mol. The number of benzene rings is 1. The number of nitrogen functional groups attached to an aromatic ring is 1. The van der Waals surface area contributed by atoms with Gasteiger partial charge in [-0.05, 0) is 49.8 Å². The highest BCUT2D eigenvalue weighted by Crippen LogP contribution is 2.26. The van der Waals surface area contributed by atoms with Gasteiger partial charge in [-0.2, -0.15) is 0 Å². The minimum absolute atomic E-state index is 0.0274. The number of aliphatic carboxylic acids is 1. The minimum atomic E-state index is -1.34. The first-order chi connectivity index (χ1) is 24.0. The monoisotopic (exact) mass is 695 g/mol. The van der Waals surface area contributed by atoms with Crippen LogP contribution in [0.4, 0.5) is 17.1 Å². The molecule has 0 bridgehead atoms. The van der Waals surface area contributed by atoms with Crippen molar-refractivity contribution in [2.75, 3.05) is 63.8 Å². The number of nitrogens with zero attached hydrogens (tertiary/aromatic N) is 3. The first-order valence-corrected chi connectivity index (χ1v) is 15.9. The Morgan fingerprint density at radius 3 is 2.22 bits per heavy atom. The second-order valence-electron chi connectivity index (χ2n) is 11.2. The molecule has 0 saturated carbocycles. The van der Waals surface area contributed by atoms with Crippen LogP contribution in [0.2, 0.25) is 0 Å². The lowest BCUT2D eigenvalue weighted by Crippen LogP contribution is -2.48. The molecule has 17 heteroatoms. The van der Waals surface area contributed by atoms with Crippen LogP contribution in [0.25, 0.3) is 0 Å². The van der Waals surface area contributed by atoms with Gasteiger partial charge >= 0.3 is 5.97 Å². The number of aryl methyl sites for hydroxylation is 1. The van der Waals surface area contributed by atoms with Gasteiger partial charge in [0, 0.05) is 30.8 Å². The topological polar surface area (TPSA) is 235 Å². The van der Waals surface area contributed by atoms with Crippen LogP contribution in [0, 0.1) is 6.92 Å². The molecule has 0 saturated heterocycles. The molecule has 1 aromatic heterocycles. The molecular formula is C33H41N7O10. The molecule has 1 aliphatic carbocycles. The van der Waals surface area contributed by atoms with Crippen LogP contribution >= 0.6 is 0 Å². The molecule has 0 radical (unpaired) electrons. The predicted molar refractivity (Wildman–Crippen MR) is 181 cm³/mol. The molecule has 3 aromatic rings. The molecule has 17 nitrogen and oxygen atoms in total. The summed E-state index contributed by atoms with van der Waals surface area (Å²) in [4.78, 5) is 59.5. The van der Waals surface area contributed by atoms with Gasteiger partial charge in [0.25, 0.3) is 16.8 Å². The molecule has 0 spiro atoms. The van der Waals surface area contributed by atoms with Crippen LogP contribution in [0.3, 0.4) is 0 Å². The fourth-order valence-electron chi connectivity index (χ4n) is 4.78. The highest BCUT2D eigenvalue weighted by molar-refractivity contribution is 5.98. The van der Waals surface area contributed by atoms with E-state index in [1.54, 1.807) is 0 Å². The number of allylic oxidation sites excluding steroid dienone is 3. The number of anilines is 3. The van der Waals surface area contributed by atoms with E-state index < -0.39 is 41.1 Å². The van der Waals surface area contributed by atoms with E-state index >= 15 is 0 Å². The summed E-state index contributed by atoms with van der Waals surface area (Å²) in [6.45, 7) is 4.29. The molecule has 0 fully saturated rings. The van der Waals surface area contributed by atoms with Gasteiger partial charge in [0.2, 0.25) is 5.91 Å². The molecule has 1 aliphatic rings. The zero-order valence-corrected chi connectivity index (χ0v) is 27.8. The lowest BCUT2D eigenvalue weighted by Gasteiger charge is -2.17. The van der Waals surface area contributed by atoms with Crippen LogP contribution in [-0.2, 0) is 35.6 Å². The highest BCUT2D eigenvalue weighted by Gasteiger charge is 2.24. The maximum absolute atomic E-state index is 12.7. The van der Waals surface area contributed by atoms with Gasteiger partial charge in [-0.25, -0.2) is 0 Å². The largest absolute Gasteiger partial charge is 0.492 e. The van der Waals surface area contributed by atoms with E-state index in [0.717, 1.165) is 23.8 Å². The molecule has 1 unspecified atom stereocenters. The number of amides is 2. The summed E-state index contributed by atoms with van der Waals surface area (Å²) < 4.78 is 24.2. The highest BCUT2D eigenvalue weighted by atomic mass is 16.6. The van der Waals surface area contributed by atoms with Crippen LogP contribution in [0.15, 0.2) is 57.8 Å². The molecule has 6 N–H and O–H groups in total. The first-order valence-electron chi connectivity index (χ1n) is 15.9. The van der Waals surface area contributed by atoms with Gasteiger partial charge in [0.15, 0.2) is 0 Å². The molecule has 2 amide bonds. The number of carboxylic acids is 1. The summed E-state index contributed by atoms with van der Waals surface area (Å²) >= 11 is 0. The second-order valence-corrected chi connectivity index (χ2v) is 11.2. The number of nitrogens with two attached hydrogens (primary N) is 1. The Kier molecular flexibility index (Phi) is 13.8. The number of carbonyl (C=O) groups excluding carboxylic acids is 2. The standard InChI is InChI=1S/C33H41N7O10/c1-20-38-39-31(40(20)2)21-5-9-24(10-6-21)50-18-17-49-16-15-48-14-13-47-12-11-35-33(46)25(19-26(41)42)37-32(45)22-3-7-23(8-4-22)36-28-27(34)29(43)30(28)44/h3-5,7-10,21,25,36H,6,11-19,34H2,1-2H3,(H,35,46)(H,37,45)(H,41,42)/t21?,25-/m0/s1. The van der Waals surface area contributed by atoms with E-state index in [9.17, 15) is 29.1 Å². The molecule has 1 heterocycles. The van der Waals surface area contributed by atoms with Crippen molar-refractivity contribution in [3.8, 4) is 0 Å². The number of hydrogen-bond acceptors (Lipinski definition) is 13. The zero-order chi connectivity index (χ0) is 36.0.